The zero-order chi connectivity index (χ0) is 19.5. The SMILES string of the molecule is CCC(C)NC(=O)CCNC(=NC)NCc1cc(C)ccc1OC(F)F.I. The van der Waals surface area contributed by atoms with Crippen molar-refractivity contribution >= 4 is 35.8 Å². The van der Waals surface area contributed by atoms with Crippen LogP contribution in [0.15, 0.2) is 23.2 Å². The molecule has 3 N–H and O–H groups in total. The molecule has 0 aliphatic carbocycles. The second-order valence-corrected chi connectivity index (χ2v) is 5.97. The van der Waals surface area contributed by atoms with E-state index in [0.717, 1.165) is 12.0 Å². The smallest absolute Gasteiger partial charge is 0.387 e. The van der Waals surface area contributed by atoms with E-state index in [2.05, 4.69) is 25.7 Å². The maximum atomic E-state index is 12.5. The van der Waals surface area contributed by atoms with Crippen molar-refractivity contribution in [3.8, 4) is 5.75 Å². The van der Waals surface area contributed by atoms with Gasteiger partial charge in [-0.1, -0.05) is 24.6 Å². The van der Waals surface area contributed by atoms with Gasteiger partial charge in [0.2, 0.25) is 5.91 Å². The summed E-state index contributed by atoms with van der Waals surface area (Å²) in [7, 11) is 1.60. The lowest BCUT2D eigenvalue weighted by Crippen LogP contribution is -2.40. The third kappa shape index (κ3) is 10.3. The summed E-state index contributed by atoms with van der Waals surface area (Å²) in [4.78, 5) is 15.8. The molecule has 1 unspecified atom stereocenters. The number of ether oxygens (including phenoxy) is 1. The molecule has 0 aliphatic heterocycles. The van der Waals surface area contributed by atoms with Crippen LogP contribution in [0.25, 0.3) is 0 Å². The molecule has 154 valence electrons. The number of aryl methyl sites for hydroxylation is 1. The summed E-state index contributed by atoms with van der Waals surface area (Å²) in [5, 5.41) is 8.94. The maximum absolute atomic E-state index is 12.5. The zero-order valence-electron chi connectivity index (χ0n) is 16.1. The fraction of sp³-hybridized carbons (Fsp3) is 0.556. The number of carbonyl (C=O) groups is 1. The van der Waals surface area contributed by atoms with Crippen molar-refractivity contribution in [2.75, 3.05) is 13.6 Å². The number of rotatable bonds is 9. The summed E-state index contributed by atoms with van der Waals surface area (Å²) >= 11 is 0. The molecule has 1 rings (SSSR count). The second kappa shape index (κ2) is 13.5. The molecule has 1 aromatic rings. The van der Waals surface area contributed by atoms with Crippen molar-refractivity contribution in [3.63, 3.8) is 0 Å². The van der Waals surface area contributed by atoms with Crippen molar-refractivity contribution in [2.45, 2.75) is 52.8 Å². The monoisotopic (exact) mass is 498 g/mol. The van der Waals surface area contributed by atoms with Gasteiger partial charge >= 0.3 is 6.61 Å². The molecule has 1 aromatic carbocycles. The number of hydrogen-bond acceptors (Lipinski definition) is 3. The van der Waals surface area contributed by atoms with Gasteiger partial charge in [-0.25, -0.2) is 0 Å². The van der Waals surface area contributed by atoms with Gasteiger partial charge in [-0.2, -0.15) is 8.78 Å². The Morgan fingerprint density at radius 1 is 1.30 bits per heavy atom. The summed E-state index contributed by atoms with van der Waals surface area (Å²) in [6.07, 6.45) is 1.19. The highest BCUT2D eigenvalue weighted by molar-refractivity contribution is 14.0. The third-order valence-corrected chi connectivity index (χ3v) is 3.77. The predicted molar refractivity (Wildman–Crippen MR) is 114 cm³/mol. The van der Waals surface area contributed by atoms with Crippen LogP contribution in [0.3, 0.4) is 0 Å². The summed E-state index contributed by atoms with van der Waals surface area (Å²) in [6, 6.07) is 5.16. The van der Waals surface area contributed by atoms with E-state index >= 15 is 0 Å². The first-order valence-electron chi connectivity index (χ1n) is 8.63. The van der Waals surface area contributed by atoms with Gasteiger partial charge in [0.05, 0.1) is 0 Å². The van der Waals surface area contributed by atoms with Gasteiger partial charge in [-0.15, -0.1) is 24.0 Å². The largest absolute Gasteiger partial charge is 0.434 e. The van der Waals surface area contributed by atoms with Crippen LogP contribution in [0, 0.1) is 6.92 Å². The highest BCUT2D eigenvalue weighted by Gasteiger charge is 2.11. The average molecular weight is 498 g/mol. The Labute approximate surface area is 176 Å². The maximum Gasteiger partial charge on any atom is 0.387 e. The molecule has 0 radical (unpaired) electrons. The van der Waals surface area contributed by atoms with Crippen LogP contribution >= 0.6 is 24.0 Å². The number of nitrogens with one attached hydrogen (secondary N) is 3. The Kier molecular flexibility index (Phi) is 12.7. The lowest BCUT2D eigenvalue weighted by molar-refractivity contribution is -0.121. The number of nitrogens with zero attached hydrogens (tertiary/aromatic N) is 1. The van der Waals surface area contributed by atoms with E-state index in [1.165, 1.54) is 6.07 Å². The molecule has 0 saturated carbocycles. The van der Waals surface area contributed by atoms with Crippen LogP contribution in [0.5, 0.6) is 5.75 Å². The first-order valence-corrected chi connectivity index (χ1v) is 8.63. The molecular formula is C18H29F2IN4O2. The number of aliphatic imine (C=N–C) groups is 1. The summed E-state index contributed by atoms with van der Waals surface area (Å²) in [5.74, 6) is 0.570. The summed E-state index contributed by atoms with van der Waals surface area (Å²) < 4.78 is 29.6. The number of benzene rings is 1. The summed E-state index contributed by atoms with van der Waals surface area (Å²) in [5.41, 5.74) is 1.54. The van der Waals surface area contributed by atoms with E-state index in [9.17, 15) is 13.6 Å². The van der Waals surface area contributed by atoms with Gasteiger partial charge in [0.15, 0.2) is 5.96 Å². The number of hydrogen-bond donors (Lipinski definition) is 3. The van der Waals surface area contributed by atoms with Gasteiger partial charge in [-0.05, 0) is 26.3 Å². The van der Waals surface area contributed by atoms with Crippen LogP contribution in [-0.2, 0) is 11.3 Å². The highest BCUT2D eigenvalue weighted by Crippen LogP contribution is 2.21. The molecule has 0 heterocycles. The predicted octanol–water partition coefficient (Wildman–Crippen LogP) is 3.18. The number of alkyl halides is 2. The van der Waals surface area contributed by atoms with E-state index in [0.29, 0.717) is 24.5 Å². The van der Waals surface area contributed by atoms with E-state index in [1.807, 2.05) is 20.8 Å². The molecule has 0 saturated heterocycles. The van der Waals surface area contributed by atoms with Gasteiger partial charge in [0.25, 0.3) is 0 Å². The second-order valence-electron chi connectivity index (χ2n) is 5.97. The lowest BCUT2D eigenvalue weighted by atomic mass is 10.1. The van der Waals surface area contributed by atoms with Gasteiger partial charge < -0.3 is 20.7 Å². The molecule has 27 heavy (non-hydrogen) atoms. The van der Waals surface area contributed by atoms with Crippen LogP contribution in [0.4, 0.5) is 8.78 Å². The third-order valence-electron chi connectivity index (χ3n) is 3.77. The van der Waals surface area contributed by atoms with Crippen LogP contribution in [-0.4, -0.2) is 38.1 Å². The van der Waals surface area contributed by atoms with Crippen molar-refractivity contribution in [2.24, 2.45) is 4.99 Å². The van der Waals surface area contributed by atoms with E-state index in [4.69, 9.17) is 0 Å². The Morgan fingerprint density at radius 2 is 2.00 bits per heavy atom. The topological polar surface area (TPSA) is 74.8 Å². The minimum absolute atomic E-state index is 0. The molecule has 1 amide bonds. The van der Waals surface area contributed by atoms with Crippen molar-refractivity contribution < 1.29 is 18.3 Å². The quantitative estimate of drug-likeness (QED) is 0.278. The van der Waals surface area contributed by atoms with E-state index in [1.54, 1.807) is 19.2 Å². The number of halogens is 3. The van der Waals surface area contributed by atoms with Gasteiger partial charge in [-0.3, -0.25) is 9.79 Å². The molecule has 0 fully saturated rings. The van der Waals surface area contributed by atoms with Crippen molar-refractivity contribution in [3.05, 3.63) is 29.3 Å². The first-order chi connectivity index (χ1) is 12.3. The fourth-order valence-electron chi connectivity index (χ4n) is 2.20. The normalized spacial score (nSPS) is 12.2. The van der Waals surface area contributed by atoms with Crippen LogP contribution < -0.4 is 20.7 Å². The summed E-state index contributed by atoms with van der Waals surface area (Å²) in [6.45, 7) is 3.63. The molecule has 9 heteroatoms. The minimum Gasteiger partial charge on any atom is -0.434 e. The Balaban J connectivity index is 0.00000676. The van der Waals surface area contributed by atoms with Crippen molar-refractivity contribution in [1.29, 1.82) is 0 Å². The minimum atomic E-state index is -2.88. The number of amides is 1. The average Bonchev–Trinajstić information content (AvgIpc) is 2.59. The van der Waals surface area contributed by atoms with E-state index < -0.39 is 6.61 Å². The molecular weight excluding hydrogens is 469 g/mol. The van der Waals surface area contributed by atoms with Gasteiger partial charge in [0.1, 0.15) is 5.75 Å². The standard InChI is InChI=1S/C18H28F2N4O2.HI/c1-5-13(3)24-16(25)8-9-22-18(21-4)23-11-14-10-12(2)6-7-15(14)26-17(19)20;/h6-7,10,13,17H,5,8-9,11H2,1-4H3,(H,24,25)(H2,21,22,23);1H. The lowest BCUT2D eigenvalue weighted by Gasteiger charge is -2.15. The van der Waals surface area contributed by atoms with Crippen LogP contribution in [0.2, 0.25) is 0 Å². The molecule has 6 nitrogen and oxygen atoms in total. The Hall–Kier alpha value is -1.65. The fourth-order valence-corrected chi connectivity index (χ4v) is 2.20. The first kappa shape index (κ1) is 25.4. The highest BCUT2D eigenvalue weighted by atomic mass is 127. The molecule has 0 aromatic heterocycles. The van der Waals surface area contributed by atoms with E-state index in [-0.39, 0.29) is 48.2 Å². The molecule has 0 aliphatic rings. The number of carbonyl (C=O) groups excluding carboxylic acids is 1. The van der Waals surface area contributed by atoms with Gasteiger partial charge in [0, 0.05) is 38.2 Å². The zero-order valence-corrected chi connectivity index (χ0v) is 18.5. The van der Waals surface area contributed by atoms with Crippen LogP contribution in [0.1, 0.15) is 37.8 Å². The molecule has 0 bridgehead atoms. The molecule has 0 spiro atoms. The number of guanidine groups is 1. The molecule has 1 atom stereocenters. The van der Waals surface area contributed by atoms with Crippen molar-refractivity contribution in [1.82, 2.24) is 16.0 Å². The Bertz CT molecular complexity index is 615. The Morgan fingerprint density at radius 3 is 2.59 bits per heavy atom.